The molecule has 0 saturated carbocycles. The summed E-state index contributed by atoms with van der Waals surface area (Å²) in [6.07, 6.45) is 39.2. The molecule has 2 unspecified atom stereocenters. The average Bonchev–Trinajstić information content (AvgIpc) is 3.08. The molecule has 0 bridgehead atoms. The fraction of sp³-hybridized carbons (Fsp3) is 0.738. The van der Waals surface area contributed by atoms with Gasteiger partial charge in [-0.1, -0.05) is 139 Å². The Balaban J connectivity index is 4.63. The zero-order chi connectivity index (χ0) is 38.8. The van der Waals surface area contributed by atoms with Crippen molar-refractivity contribution in [2.75, 3.05) is 40.9 Å². The largest absolute Gasteiger partial charge is 0.472 e. The SMILES string of the molecule is CCCCCCCCCCCC/C=C/[C@@H](O)[C@H](COP(=O)(O)OCC[N+](C)(C)C)NC(=O)CCC/C=C\C/C=C\C/C=C\C/C=C\CC(O)CCC. The molecule has 0 aromatic heterocycles. The molecule has 1 amide bonds. The van der Waals surface area contributed by atoms with Crippen LogP contribution < -0.4 is 5.32 Å². The van der Waals surface area contributed by atoms with E-state index >= 15 is 0 Å². The van der Waals surface area contributed by atoms with E-state index in [0.717, 1.165) is 64.2 Å². The Hall–Kier alpha value is -1.84. The predicted octanol–water partition coefficient (Wildman–Crippen LogP) is 9.66. The van der Waals surface area contributed by atoms with Gasteiger partial charge in [-0.05, 0) is 57.8 Å². The molecule has 52 heavy (non-hydrogen) atoms. The van der Waals surface area contributed by atoms with Crippen molar-refractivity contribution in [3.05, 3.63) is 60.8 Å². The smallest absolute Gasteiger partial charge is 0.393 e. The number of carbonyl (C=O) groups is 1. The molecule has 0 aliphatic rings. The number of likely N-dealkylation sites (N-methyl/N-ethyl adjacent to an activating group) is 1. The van der Waals surface area contributed by atoms with E-state index in [1.165, 1.54) is 51.4 Å². The minimum absolute atomic E-state index is 0.0418. The van der Waals surface area contributed by atoms with E-state index in [1.54, 1.807) is 6.08 Å². The van der Waals surface area contributed by atoms with Crippen molar-refractivity contribution in [3.8, 4) is 0 Å². The summed E-state index contributed by atoms with van der Waals surface area (Å²) in [6.45, 7) is 4.53. The molecule has 0 spiro atoms. The number of nitrogens with zero attached hydrogens (tertiary/aromatic N) is 1. The van der Waals surface area contributed by atoms with Gasteiger partial charge in [-0.2, -0.15) is 0 Å². The molecule has 10 heteroatoms. The van der Waals surface area contributed by atoms with Crippen LogP contribution in [0, 0.1) is 0 Å². The molecule has 0 aliphatic heterocycles. The summed E-state index contributed by atoms with van der Waals surface area (Å²) in [5.41, 5.74) is 0. The number of hydrogen-bond donors (Lipinski definition) is 4. The molecule has 9 nitrogen and oxygen atoms in total. The second-order valence-electron chi connectivity index (χ2n) is 14.8. The summed E-state index contributed by atoms with van der Waals surface area (Å²) in [4.78, 5) is 23.0. The summed E-state index contributed by atoms with van der Waals surface area (Å²) >= 11 is 0. The lowest BCUT2D eigenvalue weighted by Crippen LogP contribution is -2.45. The summed E-state index contributed by atoms with van der Waals surface area (Å²) < 4.78 is 23.4. The van der Waals surface area contributed by atoms with E-state index in [1.807, 2.05) is 33.3 Å². The van der Waals surface area contributed by atoms with Crippen LogP contribution in [0.1, 0.15) is 142 Å². The number of amides is 1. The highest BCUT2D eigenvalue weighted by molar-refractivity contribution is 7.47. The summed E-state index contributed by atoms with van der Waals surface area (Å²) in [7, 11) is 1.50. The number of hydrogen-bond acceptors (Lipinski definition) is 6. The topological polar surface area (TPSA) is 125 Å². The van der Waals surface area contributed by atoms with Crippen molar-refractivity contribution < 1.29 is 38.0 Å². The molecule has 0 radical (unpaired) electrons. The van der Waals surface area contributed by atoms with Crippen LogP contribution in [0.25, 0.3) is 0 Å². The molecule has 4 N–H and O–H groups in total. The number of quaternary nitrogens is 1. The molecule has 302 valence electrons. The number of allylic oxidation sites excluding steroid dienone is 8. The molecular weight excluding hydrogens is 675 g/mol. The van der Waals surface area contributed by atoms with Crippen LogP contribution in [0.5, 0.6) is 0 Å². The van der Waals surface area contributed by atoms with Gasteiger partial charge < -0.3 is 24.9 Å². The second kappa shape index (κ2) is 33.7. The lowest BCUT2D eigenvalue weighted by Gasteiger charge is -2.25. The maximum Gasteiger partial charge on any atom is 0.472 e. The van der Waals surface area contributed by atoms with Gasteiger partial charge in [0.15, 0.2) is 0 Å². The normalized spacial score (nSPS) is 15.8. The molecule has 0 aliphatic carbocycles. The highest BCUT2D eigenvalue weighted by Gasteiger charge is 2.27. The maximum absolute atomic E-state index is 12.8. The lowest BCUT2D eigenvalue weighted by molar-refractivity contribution is -0.870. The van der Waals surface area contributed by atoms with Gasteiger partial charge in [-0.25, -0.2) is 4.57 Å². The monoisotopic (exact) mass is 754 g/mol. The van der Waals surface area contributed by atoms with E-state index in [4.69, 9.17) is 9.05 Å². The Bertz CT molecular complexity index is 1050. The first-order valence-electron chi connectivity index (χ1n) is 20.2. The number of aliphatic hydroxyl groups is 2. The van der Waals surface area contributed by atoms with Gasteiger partial charge in [0.1, 0.15) is 13.2 Å². The molecule has 0 fully saturated rings. The standard InChI is InChI=1S/C42H77N2O7P/c1-6-8-9-10-11-12-13-18-21-24-27-30-34-41(46)40(38-51-52(48,49)50-37-36-44(3,4)5)43-42(47)35-31-28-25-22-19-16-14-15-17-20-23-26-29-33-39(45)32-7-2/h14,16-17,20,22,25-26,29-30,34,39-41,45-46H,6-13,15,18-19,21,23-24,27-28,31-33,35-38H2,1-5H3,(H-,43,47,48,49)/p+1/b16-14-,20-17-,25-22-,29-26-,34-30+/t39?,40-,41+/m0/s1. The molecular formula is C42H78N2O7P+. The Kier molecular flexibility index (Phi) is 32.5. The minimum Gasteiger partial charge on any atom is -0.393 e. The zero-order valence-electron chi connectivity index (χ0n) is 33.6. The van der Waals surface area contributed by atoms with Crippen molar-refractivity contribution in [3.63, 3.8) is 0 Å². The summed E-state index contributed by atoms with van der Waals surface area (Å²) in [5, 5.41) is 23.4. The Morgan fingerprint density at radius 1 is 0.712 bits per heavy atom. The van der Waals surface area contributed by atoms with Gasteiger partial charge in [0.2, 0.25) is 5.91 Å². The van der Waals surface area contributed by atoms with Crippen LogP contribution in [-0.4, -0.2) is 84.6 Å². The van der Waals surface area contributed by atoms with Gasteiger partial charge in [0.25, 0.3) is 0 Å². The maximum atomic E-state index is 12.8. The van der Waals surface area contributed by atoms with Gasteiger partial charge >= 0.3 is 7.82 Å². The quantitative estimate of drug-likeness (QED) is 0.0220. The Morgan fingerprint density at radius 2 is 1.25 bits per heavy atom. The van der Waals surface area contributed by atoms with Gasteiger partial charge in [0, 0.05) is 6.42 Å². The van der Waals surface area contributed by atoms with Crippen molar-refractivity contribution in [2.24, 2.45) is 0 Å². The van der Waals surface area contributed by atoms with Crippen molar-refractivity contribution >= 4 is 13.7 Å². The molecule has 0 aromatic rings. The van der Waals surface area contributed by atoms with Crippen molar-refractivity contribution in [2.45, 2.75) is 161 Å². The van der Waals surface area contributed by atoms with Crippen LogP contribution in [-0.2, 0) is 18.4 Å². The third-order valence-corrected chi connectivity index (χ3v) is 9.52. The van der Waals surface area contributed by atoms with Crippen LogP contribution in [0.3, 0.4) is 0 Å². The van der Waals surface area contributed by atoms with Crippen LogP contribution in [0.15, 0.2) is 60.8 Å². The number of unbranched alkanes of at least 4 members (excludes halogenated alkanes) is 11. The summed E-state index contributed by atoms with van der Waals surface area (Å²) in [5.74, 6) is -0.249. The van der Waals surface area contributed by atoms with E-state index in [9.17, 15) is 24.5 Å². The fourth-order valence-corrected chi connectivity index (χ4v) is 6.02. The van der Waals surface area contributed by atoms with Crippen LogP contribution in [0.2, 0.25) is 0 Å². The average molecular weight is 754 g/mol. The number of phosphoric ester groups is 1. The molecule has 0 rings (SSSR count). The highest BCUT2D eigenvalue weighted by atomic mass is 31.2. The first-order valence-corrected chi connectivity index (χ1v) is 21.7. The first kappa shape index (κ1) is 50.2. The fourth-order valence-electron chi connectivity index (χ4n) is 5.28. The van der Waals surface area contributed by atoms with Crippen LogP contribution in [0.4, 0.5) is 0 Å². The summed E-state index contributed by atoms with van der Waals surface area (Å²) in [6, 6.07) is -0.886. The van der Waals surface area contributed by atoms with E-state index in [2.05, 4.69) is 61.7 Å². The Labute approximate surface area is 318 Å². The molecule has 4 atom stereocenters. The molecule has 0 saturated heterocycles. The van der Waals surface area contributed by atoms with E-state index in [-0.39, 0.29) is 31.6 Å². The number of rotatable bonds is 35. The molecule has 0 heterocycles. The van der Waals surface area contributed by atoms with Crippen LogP contribution >= 0.6 is 7.82 Å². The first-order chi connectivity index (χ1) is 24.9. The van der Waals surface area contributed by atoms with Gasteiger partial charge in [0.05, 0.1) is 46.0 Å². The Morgan fingerprint density at radius 3 is 1.83 bits per heavy atom. The number of phosphoric acid groups is 1. The number of carbonyl (C=O) groups excluding carboxylic acids is 1. The lowest BCUT2D eigenvalue weighted by atomic mass is 10.1. The zero-order valence-corrected chi connectivity index (χ0v) is 34.5. The minimum atomic E-state index is -4.36. The van der Waals surface area contributed by atoms with E-state index in [0.29, 0.717) is 17.4 Å². The van der Waals surface area contributed by atoms with E-state index < -0.39 is 20.0 Å². The third-order valence-electron chi connectivity index (χ3n) is 8.54. The number of aliphatic hydroxyl groups excluding tert-OH is 2. The van der Waals surface area contributed by atoms with Gasteiger partial charge in [-0.15, -0.1) is 0 Å². The van der Waals surface area contributed by atoms with Crippen molar-refractivity contribution in [1.29, 1.82) is 0 Å². The highest BCUT2D eigenvalue weighted by Crippen LogP contribution is 2.43. The molecule has 0 aromatic carbocycles. The predicted molar refractivity (Wildman–Crippen MR) is 218 cm³/mol. The number of nitrogens with one attached hydrogen (secondary N) is 1. The third kappa shape index (κ3) is 35.2. The van der Waals surface area contributed by atoms with Gasteiger partial charge in [-0.3, -0.25) is 13.8 Å². The second-order valence-corrected chi connectivity index (χ2v) is 16.3. The van der Waals surface area contributed by atoms with Crippen molar-refractivity contribution in [1.82, 2.24) is 5.32 Å².